The largest absolute Gasteiger partial charge is 0.469 e. The maximum absolute atomic E-state index is 11.6. The van der Waals surface area contributed by atoms with E-state index in [4.69, 9.17) is 7.85 Å². The first kappa shape index (κ1) is 27.2. The molecule has 0 aromatic heterocycles. The second kappa shape index (κ2) is 14.3. The smallest absolute Gasteiger partial charge is 0.305 e. The van der Waals surface area contributed by atoms with Gasteiger partial charge in [0.25, 0.3) is 5.91 Å². The molecule has 0 spiro atoms. The van der Waals surface area contributed by atoms with Crippen LogP contribution in [0.4, 0.5) is 0 Å². The number of amides is 2. The van der Waals surface area contributed by atoms with Crippen LogP contribution in [-0.2, 0) is 28.7 Å². The average Bonchev–Trinajstić information content (AvgIpc) is 2.88. The summed E-state index contributed by atoms with van der Waals surface area (Å²) in [4.78, 5) is 56.7. The van der Waals surface area contributed by atoms with E-state index in [1.807, 2.05) is 13.8 Å². The molecular formula is C20H29BBrNO6. The Bertz CT molecular complexity index is 637. The van der Waals surface area contributed by atoms with Gasteiger partial charge in [-0.25, -0.2) is 0 Å². The number of imide groups is 1. The lowest BCUT2D eigenvalue weighted by Crippen LogP contribution is -2.32. The number of ether oxygens (including phenoxy) is 1. The molecule has 1 rings (SSSR count). The monoisotopic (exact) mass is 469 g/mol. The predicted octanol–water partition coefficient (Wildman–Crippen LogP) is 2.83. The molecule has 1 aliphatic heterocycles. The number of esters is 1. The van der Waals surface area contributed by atoms with Crippen molar-refractivity contribution >= 4 is 53.1 Å². The quantitative estimate of drug-likeness (QED) is 0.200. The van der Waals surface area contributed by atoms with Gasteiger partial charge in [0.1, 0.15) is 19.4 Å². The minimum absolute atomic E-state index is 0.0467. The van der Waals surface area contributed by atoms with Gasteiger partial charge in [-0.1, -0.05) is 20.3 Å². The van der Waals surface area contributed by atoms with Crippen LogP contribution in [0.25, 0.3) is 0 Å². The third-order valence-electron chi connectivity index (χ3n) is 4.52. The highest BCUT2D eigenvalue weighted by molar-refractivity contribution is 9.12. The lowest BCUT2D eigenvalue weighted by Gasteiger charge is -2.14. The molecule has 0 aliphatic carbocycles. The van der Waals surface area contributed by atoms with Crippen molar-refractivity contribution in [1.82, 2.24) is 4.90 Å². The van der Waals surface area contributed by atoms with E-state index in [1.54, 1.807) is 0 Å². The molecular weight excluding hydrogens is 441 g/mol. The highest BCUT2D eigenvalue weighted by Gasteiger charge is 2.33. The van der Waals surface area contributed by atoms with Crippen LogP contribution in [0.1, 0.15) is 65.7 Å². The second-order valence-corrected chi connectivity index (χ2v) is 7.65. The topological polar surface area (TPSA) is 97.8 Å². The minimum Gasteiger partial charge on any atom is -0.469 e. The Hall–Kier alpha value is -1.77. The summed E-state index contributed by atoms with van der Waals surface area (Å²) in [6.45, 7) is 5.72. The van der Waals surface area contributed by atoms with Gasteiger partial charge in [0, 0.05) is 31.7 Å². The van der Waals surface area contributed by atoms with Crippen molar-refractivity contribution in [2.24, 2.45) is 5.92 Å². The minimum atomic E-state index is -0.458. The van der Waals surface area contributed by atoms with Crippen LogP contribution < -0.4 is 0 Å². The lowest BCUT2D eigenvalue weighted by molar-refractivity contribution is -0.141. The summed E-state index contributed by atoms with van der Waals surface area (Å²) in [5, 5.41) is 0. The number of Topliss-reactive ketones (excluding diaryl/α,β-unsaturated/α-hetero) is 2. The van der Waals surface area contributed by atoms with Crippen LogP contribution in [0, 0.1) is 5.92 Å². The van der Waals surface area contributed by atoms with Gasteiger partial charge in [-0.2, -0.15) is 0 Å². The molecule has 0 fully saturated rings. The lowest BCUT2D eigenvalue weighted by atomic mass is 9.96. The van der Waals surface area contributed by atoms with Gasteiger partial charge in [0.2, 0.25) is 5.91 Å². The fraction of sp³-hybridized carbons (Fsp3) is 0.650. The number of ketones is 2. The maximum Gasteiger partial charge on any atom is 0.305 e. The first-order valence-electron chi connectivity index (χ1n) is 9.67. The van der Waals surface area contributed by atoms with E-state index in [0.717, 1.165) is 17.7 Å². The number of methoxy groups -OCH3 is 1. The zero-order valence-electron chi connectivity index (χ0n) is 17.6. The molecule has 0 saturated heterocycles. The molecule has 160 valence electrons. The Morgan fingerprint density at radius 2 is 1.69 bits per heavy atom. The van der Waals surface area contributed by atoms with Gasteiger partial charge in [0.15, 0.2) is 0 Å². The molecule has 9 heteroatoms. The number of halogens is 1. The van der Waals surface area contributed by atoms with Gasteiger partial charge in [-0.05, 0) is 47.6 Å². The molecule has 2 amide bonds. The van der Waals surface area contributed by atoms with E-state index < -0.39 is 11.8 Å². The summed E-state index contributed by atoms with van der Waals surface area (Å²) in [5.74, 6) is -0.680. The molecule has 1 aliphatic rings. The van der Waals surface area contributed by atoms with Crippen LogP contribution in [-0.4, -0.2) is 55.8 Å². The summed E-state index contributed by atoms with van der Waals surface area (Å²) >= 11 is 2.98. The van der Waals surface area contributed by atoms with Crippen molar-refractivity contribution in [2.75, 3.05) is 13.7 Å². The normalized spacial score (nSPS) is 14.4. The molecule has 0 saturated carbocycles. The number of rotatable bonds is 11. The summed E-state index contributed by atoms with van der Waals surface area (Å²) in [6, 6.07) is 0. The molecule has 1 heterocycles. The Kier molecular flexibility index (Phi) is 13.4. The first-order valence-corrected chi connectivity index (χ1v) is 10.5. The highest BCUT2D eigenvalue weighted by Crippen LogP contribution is 2.23. The molecule has 1 atom stereocenters. The Morgan fingerprint density at radius 1 is 1.07 bits per heavy atom. The van der Waals surface area contributed by atoms with Crippen molar-refractivity contribution in [3.8, 4) is 0 Å². The number of hydrogen-bond acceptors (Lipinski definition) is 6. The summed E-state index contributed by atoms with van der Waals surface area (Å²) < 4.78 is 4.63. The van der Waals surface area contributed by atoms with Crippen molar-refractivity contribution in [2.45, 2.75) is 65.7 Å². The molecule has 0 N–H and O–H groups in total. The molecule has 0 aromatic rings. The highest BCUT2D eigenvalue weighted by atomic mass is 79.9. The van der Waals surface area contributed by atoms with Gasteiger partial charge < -0.3 is 9.53 Å². The fourth-order valence-corrected chi connectivity index (χ4v) is 2.74. The fourth-order valence-electron chi connectivity index (χ4n) is 2.36. The van der Waals surface area contributed by atoms with Crippen LogP contribution >= 0.6 is 15.9 Å². The first-order chi connectivity index (χ1) is 13.6. The van der Waals surface area contributed by atoms with Gasteiger partial charge in [0.05, 0.1) is 11.6 Å². The van der Waals surface area contributed by atoms with E-state index >= 15 is 0 Å². The summed E-state index contributed by atoms with van der Waals surface area (Å²) in [5.41, 5.74) is -0.0467. The van der Waals surface area contributed by atoms with Gasteiger partial charge in [-0.15, -0.1) is 0 Å². The average molecular weight is 470 g/mol. The number of carbonyl (C=O) groups is 5. The van der Waals surface area contributed by atoms with E-state index in [-0.39, 0.29) is 33.4 Å². The molecule has 1 unspecified atom stereocenters. The van der Waals surface area contributed by atoms with E-state index in [1.165, 1.54) is 14.0 Å². The zero-order valence-corrected chi connectivity index (χ0v) is 19.2. The van der Waals surface area contributed by atoms with Crippen LogP contribution in [0.15, 0.2) is 9.95 Å². The summed E-state index contributed by atoms with van der Waals surface area (Å²) in [6.07, 6.45) is 4.10. The molecule has 0 aromatic carbocycles. The molecule has 29 heavy (non-hydrogen) atoms. The number of unbranched alkanes of at least 4 members (excludes halogenated alkanes) is 2. The Balaban J connectivity index is 0.000000614. The molecule has 2 radical (unpaired) electrons. The summed E-state index contributed by atoms with van der Waals surface area (Å²) in [7, 11) is 6.79. The SMILES string of the molecule is CCC(C)C(=O)CCC(C)=O.[B]C1=C(Br)C(=O)N(CCCCCC(=O)OC)C1=O. The third kappa shape index (κ3) is 10.0. The van der Waals surface area contributed by atoms with Crippen LogP contribution in [0.5, 0.6) is 0 Å². The van der Waals surface area contributed by atoms with Crippen molar-refractivity contribution in [3.05, 3.63) is 9.95 Å². The maximum atomic E-state index is 11.6. The predicted molar refractivity (Wildman–Crippen MR) is 113 cm³/mol. The van der Waals surface area contributed by atoms with E-state index in [0.29, 0.717) is 38.6 Å². The van der Waals surface area contributed by atoms with E-state index in [9.17, 15) is 24.0 Å². The Labute approximate surface area is 182 Å². The van der Waals surface area contributed by atoms with E-state index in [2.05, 4.69) is 20.7 Å². The van der Waals surface area contributed by atoms with Crippen molar-refractivity contribution < 1.29 is 28.7 Å². The van der Waals surface area contributed by atoms with Crippen molar-refractivity contribution in [3.63, 3.8) is 0 Å². The van der Waals surface area contributed by atoms with Gasteiger partial charge in [-0.3, -0.25) is 24.1 Å². The van der Waals surface area contributed by atoms with Gasteiger partial charge >= 0.3 is 5.97 Å². The molecule has 0 bridgehead atoms. The third-order valence-corrected chi connectivity index (χ3v) is 5.29. The number of nitrogens with zero attached hydrogens (tertiary/aromatic N) is 1. The number of hydrogen-bond donors (Lipinski definition) is 0. The molecule has 7 nitrogen and oxygen atoms in total. The zero-order chi connectivity index (χ0) is 22.6. The Morgan fingerprint density at radius 3 is 2.14 bits per heavy atom. The standard InChI is InChI=1S/C11H13BBrNO4.C9H16O2/c1-18-7(15)5-3-2-4-6-14-10(16)8(12)9(13)11(14)17;1-4-7(2)9(11)6-5-8(3)10/h2-6H2,1H3;7H,4-6H2,1-3H3. The number of carbonyl (C=O) groups excluding carboxylic acids is 5. The van der Waals surface area contributed by atoms with Crippen LogP contribution in [0.3, 0.4) is 0 Å². The van der Waals surface area contributed by atoms with Crippen LogP contribution in [0.2, 0.25) is 0 Å². The second-order valence-electron chi connectivity index (χ2n) is 6.85. The van der Waals surface area contributed by atoms with Crippen molar-refractivity contribution in [1.29, 1.82) is 0 Å².